The van der Waals surface area contributed by atoms with Gasteiger partial charge < -0.3 is 15.5 Å². The molecular weight excluding hydrogens is 458 g/mol. The monoisotopic (exact) mass is 477 g/mol. The summed E-state index contributed by atoms with van der Waals surface area (Å²) in [6.45, 7) is 0. The van der Waals surface area contributed by atoms with Gasteiger partial charge in [0, 0.05) is 5.56 Å². The Balaban J connectivity index is 1.52. The molecule has 0 spiro atoms. The lowest BCUT2D eigenvalue weighted by Crippen LogP contribution is -2.41. The second-order valence-corrected chi connectivity index (χ2v) is 8.91. The first-order chi connectivity index (χ1) is 16.1. The first kappa shape index (κ1) is 21.4. The molecule has 33 heavy (non-hydrogen) atoms. The number of rotatable bonds is 5. The minimum absolute atomic E-state index is 0.183. The third-order valence-electron chi connectivity index (χ3n) is 5.33. The van der Waals surface area contributed by atoms with Gasteiger partial charge in [0.05, 0.1) is 23.9 Å². The highest BCUT2D eigenvalue weighted by atomic mass is 35.5. The molecule has 9 heteroatoms. The standard InChI is InChI=1S/C24H20ClN5O2S/c1-32-17-13-11-15(12-14-17)20-21(23(31)26-19-10-6-5-9-18(19)25)33-24-28-27-22(30(24)29-20)16-7-3-2-4-8-16/h2-14,20-21,29H,1H3,(H,26,31). The SMILES string of the molecule is COc1ccc(C2Nn3c(nnc3-c3ccccc3)SC2C(=O)Nc2ccccc2Cl)cc1. The summed E-state index contributed by atoms with van der Waals surface area (Å²) in [5, 5.41) is 12.2. The van der Waals surface area contributed by atoms with Crippen LogP contribution in [0.3, 0.4) is 0 Å². The molecule has 0 saturated heterocycles. The van der Waals surface area contributed by atoms with Crippen molar-refractivity contribution in [2.45, 2.75) is 16.4 Å². The van der Waals surface area contributed by atoms with Crippen LogP contribution in [0, 0.1) is 0 Å². The predicted molar refractivity (Wildman–Crippen MR) is 130 cm³/mol. The van der Waals surface area contributed by atoms with Gasteiger partial charge in [0.1, 0.15) is 11.0 Å². The average Bonchev–Trinajstić information content (AvgIpc) is 3.28. The molecule has 3 aromatic carbocycles. The van der Waals surface area contributed by atoms with Crippen LogP contribution in [0.4, 0.5) is 5.69 Å². The lowest BCUT2D eigenvalue weighted by molar-refractivity contribution is -0.116. The van der Waals surface area contributed by atoms with Crippen LogP contribution in [0.1, 0.15) is 11.6 Å². The summed E-state index contributed by atoms with van der Waals surface area (Å²) in [6, 6.07) is 24.3. The summed E-state index contributed by atoms with van der Waals surface area (Å²) >= 11 is 7.63. The fraction of sp³-hybridized carbons (Fsp3) is 0.125. The van der Waals surface area contributed by atoms with Crippen molar-refractivity contribution in [1.29, 1.82) is 0 Å². The third-order valence-corrected chi connectivity index (χ3v) is 6.88. The van der Waals surface area contributed by atoms with Crippen molar-refractivity contribution in [3.63, 3.8) is 0 Å². The van der Waals surface area contributed by atoms with E-state index in [-0.39, 0.29) is 11.9 Å². The van der Waals surface area contributed by atoms with E-state index in [0.29, 0.717) is 21.7 Å². The van der Waals surface area contributed by atoms with E-state index in [1.54, 1.807) is 19.2 Å². The van der Waals surface area contributed by atoms with Crippen molar-refractivity contribution < 1.29 is 9.53 Å². The minimum Gasteiger partial charge on any atom is -0.497 e. The van der Waals surface area contributed by atoms with Crippen molar-refractivity contribution in [2.24, 2.45) is 0 Å². The zero-order valence-electron chi connectivity index (χ0n) is 17.6. The van der Waals surface area contributed by atoms with E-state index in [9.17, 15) is 4.79 Å². The van der Waals surface area contributed by atoms with Crippen LogP contribution >= 0.6 is 23.4 Å². The van der Waals surface area contributed by atoms with Crippen LogP contribution in [0.2, 0.25) is 5.02 Å². The minimum atomic E-state index is -0.519. The zero-order valence-corrected chi connectivity index (χ0v) is 19.2. The molecular formula is C24H20ClN5O2S. The second kappa shape index (κ2) is 9.17. The number of nitrogens with zero attached hydrogens (tertiary/aromatic N) is 3. The van der Waals surface area contributed by atoms with Crippen LogP contribution in [0.25, 0.3) is 11.4 Å². The number of fused-ring (bicyclic) bond motifs is 1. The van der Waals surface area contributed by atoms with E-state index in [4.69, 9.17) is 16.3 Å². The molecule has 1 aliphatic heterocycles. The van der Waals surface area contributed by atoms with Gasteiger partial charge in [-0.05, 0) is 29.8 Å². The number of hydrogen-bond donors (Lipinski definition) is 2. The van der Waals surface area contributed by atoms with Crippen LogP contribution in [-0.4, -0.2) is 33.1 Å². The van der Waals surface area contributed by atoms with E-state index in [1.165, 1.54) is 11.8 Å². The van der Waals surface area contributed by atoms with E-state index < -0.39 is 5.25 Å². The molecule has 4 aromatic rings. The Morgan fingerprint density at radius 3 is 2.48 bits per heavy atom. The number of amides is 1. The highest BCUT2D eigenvalue weighted by Crippen LogP contribution is 2.39. The Hall–Kier alpha value is -3.49. The molecule has 5 rings (SSSR count). The highest BCUT2D eigenvalue weighted by molar-refractivity contribution is 8.00. The Morgan fingerprint density at radius 2 is 1.76 bits per heavy atom. The molecule has 1 amide bonds. The molecule has 2 atom stereocenters. The van der Waals surface area contributed by atoms with Gasteiger partial charge in [-0.1, -0.05) is 78.0 Å². The molecule has 166 valence electrons. The number of aromatic nitrogens is 3. The van der Waals surface area contributed by atoms with Crippen LogP contribution in [-0.2, 0) is 4.79 Å². The number of para-hydroxylation sites is 1. The van der Waals surface area contributed by atoms with Gasteiger partial charge in [-0.3, -0.25) is 4.79 Å². The predicted octanol–water partition coefficient (Wildman–Crippen LogP) is 5.00. The number of nitrogens with one attached hydrogen (secondary N) is 2. The molecule has 0 radical (unpaired) electrons. The molecule has 0 saturated carbocycles. The summed E-state index contributed by atoms with van der Waals surface area (Å²) in [6.07, 6.45) is 0. The van der Waals surface area contributed by atoms with Crippen molar-refractivity contribution in [3.8, 4) is 17.1 Å². The molecule has 0 bridgehead atoms. The van der Waals surface area contributed by atoms with Crippen molar-refractivity contribution >= 4 is 35.0 Å². The van der Waals surface area contributed by atoms with Crippen molar-refractivity contribution in [2.75, 3.05) is 17.9 Å². The van der Waals surface area contributed by atoms with Crippen LogP contribution < -0.4 is 15.5 Å². The number of benzene rings is 3. The number of carbonyl (C=O) groups excluding carboxylic acids is 1. The van der Waals surface area contributed by atoms with Gasteiger partial charge in [0.15, 0.2) is 5.82 Å². The summed E-state index contributed by atoms with van der Waals surface area (Å²) in [4.78, 5) is 13.4. The van der Waals surface area contributed by atoms with E-state index in [2.05, 4.69) is 20.9 Å². The van der Waals surface area contributed by atoms with Crippen molar-refractivity contribution in [1.82, 2.24) is 14.9 Å². The summed E-state index contributed by atoms with van der Waals surface area (Å²) < 4.78 is 7.14. The topological polar surface area (TPSA) is 81.1 Å². The van der Waals surface area contributed by atoms with E-state index >= 15 is 0 Å². The normalized spacial score (nSPS) is 17.0. The molecule has 0 aliphatic carbocycles. The average molecular weight is 478 g/mol. The van der Waals surface area contributed by atoms with Gasteiger partial charge in [0.25, 0.3) is 0 Å². The summed E-state index contributed by atoms with van der Waals surface area (Å²) in [5.74, 6) is 1.24. The molecule has 1 aliphatic rings. The molecule has 2 heterocycles. The molecule has 7 nitrogen and oxygen atoms in total. The smallest absolute Gasteiger partial charge is 0.240 e. The molecule has 2 unspecified atom stereocenters. The van der Waals surface area contributed by atoms with Crippen LogP contribution in [0.5, 0.6) is 5.75 Å². The largest absolute Gasteiger partial charge is 0.497 e. The number of anilines is 1. The fourth-order valence-electron chi connectivity index (χ4n) is 3.66. The van der Waals surface area contributed by atoms with Gasteiger partial charge in [-0.25, -0.2) is 4.68 Å². The highest BCUT2D eigenvalue weighted by Gasteiger charge is 2.38. The second-order valence-electron chi connectivity index (χ2n) is 7.40. The summed E-state index contributed by atoms with van der Waals surface area (Å²) in [7, 11) is 1.62. The van der Waals surface area contributed by atoms with Crippen molar-refractivity contribution in [3.05, 3.63) is 89.4 Å². The molecule has 1 aromatic heterocycles. The number of thioether (sulfide) groups is 1. The first-order valence-corrected chi connectivity index (χ1v) is 11.5. The Kier molecular flexibility index (Phi) is 5.93. The summed E-state index contributed by atoms with van der Waals surface area (Å²) in [5.41, 5.74) is 5.89. The lowest BCUT2D eigenvalue weighted by Gasteiger charge is -2.33. The Labute approximate surface area is 200 Å². The first-order valence-electron chi connectivity index (χ1n) is 10.3. The number of methoxy groups -OCH3 is 1. The number of halogens is 1. The van der Waals surface area contributed by atoms with Gasteiger partial charge in [-0.15, -0.1) is 10.2 Å². The molecule has 0 fully saturated rings. The maximum atomic E-state index is 13.4. The van der Waals surface area contributed by atoms with Crippen LogP contribution in [0.15, 0.2) is 84.0 Å². The van der Waals surface area contributed by atoms with Gasteiger partial charge in [-0.2, -0.15) is 0 Å². The Morgan fingerprint density at radius 1 is 1.03 bits per heavy atom. The number of hydrogen-bond acceptors (Lipinski definition) is 6. The maximum absolute atomic E-state index is 13.4. The maximum Gasteiger partial charge on any atom is 0.240 e. The third kappa shape index (κ3) is 4.27. The number of carbonyl (C=O) groups is 1. The lowest BCUT2D eigenvalue weighted by atomic mass is 10.0. The quantitative estimate of drug-likeness (QED) is 0.421. The van der Waals surface area contributed by atoms with Gasteiger partial charge in [0.2, 0.25) is 11.1 Å². The van der Waals surface area contributed by atoms with E-state index in [0.717, 1.165) is 16.9 Å². The van der Waals surface area contributed by atoms with Gasteiger partial charge >= 0.3 is 0 Å². The number of ether oxygens (including phenoxy) is 1. The zero-order chi connectivity index (χ0) is 22.8. The van der Waals surface area contributed by atoms with E-state index in [1.807, 2.05) is 71.4 Å². The Bertz CT molecular complexity index is 1280. The fourth-order valence-corrected chi connectivity index (χ4v) is 4.92. The molecule has 2 N–H and O–H groups in total.